The monoisotopic (exact) mass is 217 g/mol. The van der Waals surface area contributed by atoms with Crippen LogP contribution in [-0.4, -0.2) is 13.7 Å². The Labute approximate surface area is 85.2 Å². The third kappa shape index (κ3) is 2.30. The molecule has 0 fully saturated rings. The molecule has 1 rings (SSSR count). The molecule has 0 aliphatic rings. The second kappa shape index (κ2) is 4.84. The highest BCUT2D eigenvalue weighted by Gasteiger charge is 2.17. The van der Waals surface area contributed by atoms with Gasteiger partial charge in [0.2, 0.25) is 5.82 Å². The summed E-state index contributed by atoms with van der Waals surface area (Å²) in [7, 11) is 1.07. The molecule has 0 spiro atoms. The molecular formula is C10H10F3NO. The minimum absolute atomic E-state index is 0.101. The van der Waals surface area contributed by atoms with Gasteiger partial charge in [-0.05, 0) is 6.07 Å². The summed E-state index contributed by atoms with van der Waals surface area (Å²) < 4.78 is 43.8. The predicted octanol–water partition coefficient (Wildman–Crippen LogP) is 2.08. The standard InChI is InChI=1S/C10H10F3NO/c1-15-10-8(12)6(3-2-4-14)5-7(11)9(10)13/h2-3,5H,4,14H2,1H3/b3-2+. The fraction of sp³-hybridized carbons (Fsp3) is 0.200. The van der Waals surface area contributed by atoms with E-state index in [1.165, 1.54) is 12.2 Å². The molecule has 1 aromatic rings. The van der Waals surface area contributed by atoms with E-state index in [2.05, 4.69) is 4.74 Å². The van der Waals surface area contributed by atoms with E-state index in [1.54, 1.807) is 0 Å². The molecule has 0 amide bonds. The Hall–Kier alpha value is -1.49. The first-order chi connectivity index (χ1) is 7.11. The maximum atomic E-state index is 13.4. The number of hydrogen-bond acceptors (Lipinski definition) is 2. The fourth-order valence-electron chi connectivity index (χ4n) is 1.09. The minimum Gasteiger partial charge on any atom is -0.491 e. The molecule has 0 heterocycles. The van der Waals surface area contributed by atoms with Gasteiger partial charge in [-0.3, -0.25) is 0 Å². The van der Waals surface area contributed by atoms with Gasteiger partial charge in [0.15, 0.2) is 17.4 Å². The van der Waals surface area contributed by atoms with Gasteiger partial charge < -0.3 is 10.5 Å². The Morgan fingerprint density at radius 2 is 2.00 bits per heavy atom. The lowest BCUT2D eigenvalue weighted by molar-refractivity contribution is 0.346. The molecule has 0 aliphatic heterocycles. The van der Waals surface area contributed by atoms with Crippen molar-refractivity contribution in [3.05, 3.63) is 35.2 Å². The third-order valence-electron chi connectivity index (χ3n) is 1.78. The van der Waals surface area contributed by atoms with Crippen LogP contribution in [-0.2, 0) is 0 Å². The van der Waals surface area contributed by atoms with E-state index in [-0.39, 0.29) is 12.1 Å². The molecule has 1 aromatic carbocycles. The van der Waals surface area contributed by atoms with Crippen LogP contribution in [0.15, 0.2) is 12.1 Å². The van der Waals surface area contributed by atoms with E-state index in [1.807, 2.05) is 0 Å². The molecule has 82 valence electrons. The van der Waals surface area contributed by atoms with Gasteiger partial charge in [0, 0.05) is 12.1 Å². The highest BCUT2D eigenvalue weighted by molar-refractivity contribution is 5.53. The quantitative estimate of drug-likeness (QED) is 0.787. The first-order valence-electron chi connectivity index (χ1n) is 4.20. The second-order valence-electron chi connectivity index (χ2n) is 2.75. The number of methoxy groups -OCH3 is 1. The number of benzene rings is 1. The molecule has 2 nitrogen and oxygen atoms in total. The maximum Gasteiger partial charge on any atom is 0.203 e. The molecule has 0 radical (unpaired) electrons. The van der Waals surface area contributed by atoms with E-state index in [4.69, 9.17) is 5.73 Å². The van der Waals surface area contributed by atoms with Crippen molar-refractivity contribution >= 4 is 6.08 Å². The Kier molecular flexibility index (Phi) is 3.74. The Morgan fingerprint density at radius 3 is 2.53 bits per heavy atom. The second-order valence-corrected chi connectivity index (χ2v) is 2.75. The Morgan fingerprint density at radius 1 is 1.33 bits per heavy atom. The average molecular weight is 217 g/mol. The zero-order valence-corrected chi connectivity index (χ0v) is 8.06. The summed E-state index contributed by atoms with van der Waals surface area (Å²) in [5.74, 6) is -4.17. The zero-order chi connectivity index (χ0) is 11.4. The number of ether oxygens (including phenoxy) is 1. The van der Waals surface area contributed by atoms with Crippen molar-refractivity contribution in [3.63, 3.8) is 0 Å². The molecule has 0 aromatic heterocycles. The Balaban J connectivity index is 3.30. The molecule has 0 saturated carbocycles. The van der Waals surface area contributed by atoms with Gasteiger partial charge in [-0.25, -0.2) is 8.78 Å². The van der Waals surface area contributed by atoms with Crippen molar-refractivity contribution in [2.75, 3.05) is 13.7 Å². The van der Waals surface area contributed by atoms with Crippen LogP contribution in [0.3, 0.4) is 0 Å². The van der Waals surface area contributed by atoms with E-state index in [0.29, 0.717) is 0 Å². The van der Waals surface area contributed by atoms with Gasteiger partial charge in [0.05, 0.1) is 7.11 Å². The number of rotatable bonds is 3. The number of hydrogen-bond donors (Lipinski definition) is 1. The summed E-state index contributed by atoms with van der Waals surface area (Å²) in [6.45, 7) is 0.181. The lowest BCUT2D eigenvalue weighted by atomic mass is 10.1. The van der Waals surface area contributed by atoms with E-state index in [9.17, 15) is 13.2 Å². The van der Waals surface area contributed by atoms with Gasteiger partial charge >= 0.3 is 0 Å². The first kappa shape index (κ1) is 11.6. The molecule has 0 unspecified atom stereocenters. The molecular weight excluding hydrogens is 207 g/mol. The van der Waals surface area contributed by atoms with Crippen molar-refractivity contribution in [2.24, 2.45) is 5.73 Å². The van der Waals surface area contributed by atoms with Crippen LogP contribution in [0.25, 0.3) is 6.08 Å². The third-order valence-corrected chi connectivity index (χ3v) is 1.78. The number of nitrogens with two attached hydrogens (primary N) is 1. The smallest absolute Gasteiger partial charge is 0.203 e. The van der Waals surface area contributed by atoms with Crippen molar-refractivity contribution in [2.45, 2.75) is 0 Å². The van der Waals surface area contributed by atoms with Gasteiger partial charge in [-0.1, -0.05) is 12.2 Å². The summed E-state index contributed by atoms with van der Waals surface area (Å²) in [6, 6.07) is 0.749. The van der Waals surface area contributed by atoms with E-state index in [0.717, 1.165) is 13.2 Å². The predicted molar refractivity (Wildman–Crippen MR) is 51.0 cm³/mol. The number of halogens is 3. The van der Waals surface area contributed by atoms with E-state index >= 15 is 0 Å². The lowest BCUT2D eigenvalue weighted by Gasteiger charge is -2.06. The normalized spacial score (nSPS) is 11.0. The summed E-state index contributed by atoms with van der Waals surface area (Å²) in [4.78, 5) is 0. The molecule has 15 heavy (non-hydrogen) atoms. The summed E-state index contributed by atoms with van der Waals surface area (Å²) in [6.07, 6.45) is 2.69. The van der Waals surface area contributed by atoms with Gasteiger partial charge in [-0.15, -0.1) is 0 Å². The fourth-order valence-corrected chi connectivity index (χ4v) is 1.09. The Bertz CT molecular complexity index is 391. The van der Waals surface area contributed by atoms with Crippen LogP contribution in [0, 0.1) is 17.5 Å². The van der Waals surface area contributed by atoms with Crippen molar-refractivity contribution < 1.29 is 17.9 Å². The molecule has 5 heteroatoms. The van der Waals surface area contributed by atoms with Crippen LogP contribution in [0.1, 0.15) is 5.56 Å². The molecule has 0 bridgehead atoms. The summed E-state index contributed by atoms with van der Waals surface area (Å²) >= 11 is 0. The van der Waals surface area contributed by atoms with Crippen LogP contribution in [0.5, 0.6) is 5.75 Å². The van der Waals surface area contributed by atoms with Gasteiger partial charge in [0.25, 0.3) is 0 Å². The van der Waals surface area contributed by atoms with Crippen LogP contribution in [0.2, 0.25) is 0 Å². The summed E-state index contributed by atoms with van der Waals surface area (Å²) in [5, 5.41) is 0. The van der Waals surface area contributed by atoms with Crippen molar-refractivity contribution in [1.29, 1.82) is 0 Å². The average Bonchev–Trinajstić information content (AvgIpc) is 2.22. The van der Waals surface area contributed by atoms with Gasteiger partial charge in [0.1, 0.15) is 0 Å². The summed E-state index contributed by atoms with van der Waals surface area (Å²) in [5.41, 5.74) is 5.06. The molecule has 0 aliphatic carbocycles. The minimum atomic E-state index is -1.33. The van der Waals surface area contributed by atoms with Crippen LogP contribution >= 0.6 is 0 Å². The lowest BCUT2D eigenvalue weighted by Crippen LogP contribution is -1.99. The largest absolute Gasteiger partial charge is 0.491 e. The highest BCUT2D eigenvalue weighted by Crippen LogP contribution is 2.27. The molecule has 0 saturated heterocycles. The van der Waals surface area contributed by atoms with Crippen LogP contribution < -0.4 is 10.5 Å². The molecule has 2 N–H and O–H groups in total. The maximum absolute atomic E-state index is 13.4. The first-order valence-corrected chi connectivity index (χ1v) is 4.20. The van der Waals surface area contributed by atoms with Crippen molar-refractivity contribution in [1.82, 2.24) is 0 Å². The van der Waals surface area contributed by atoms with E-state index < -0.39 is 23.2 Å². The topological polar surface area (TPSA) is 35.2 Å². The SMILES string of the molecule is COc1c(F)c(F)cc(/C=C/CN)c1F. The highest BCUT2D eigenvalue weighted by atomic mass is 19.2. The zero-order valence-electron chi connectivity index (χ0n) is 8.06. The van der Waals surface area contributed by atoms with Crippen LogP contribution in [0.4, 0.5) is 13.2 Å². The molecule has 0 atom stereocenters. The van der Waals surface area contributed by atoms with Gasteiger partial charge in [-0.2, -0.15) is 4.39 Å². The van der Waals surface area contributed by atoms with Crippen molar-refractivity contribution in [3.8, 4) is 5.75 Å².